The molecule has 0 heterocycles. The second-order valence-electron chi connectivity index (χ2n) is 13.7. The molecule has 0 aromatic heterocycles. The Morgan fingerprint density at radius 2 is 1.06 bits per heavy atom. The van der Waals surface area contributed by atoms with Crippen molar-refractivity contribution in [3.8, 4) is 0 Å². The fraction of sp³-hybridized carbons (Fsp3) is 0.850. The molecule has 10 nitrogen and oxygen atoms in total. The molecule has 11 heteroatoms. The van der Waals surface area contributed by atoms with E-state index in [-0.39, 0.29) is 19.4 Å². The summed E-state index contributed by atoms with van der Waals surface area (Å²) in [5, 5.41) is 18.3. The van der Waals surface area contributed by atoms with Crippen LogP contribution in [0.1, 0.15) is 181 Å². The van der Waals surface area contributed by atoms with Gasteiger partial charge >= 0.3 is 19.8 Å². The Balaban J connectivity index is 4.32. The van der Waals surface area contributed by atoms with Crippen molar-refractivity contribution < 1.29 is 47.8 Å². The van der Waals surface area contributed by atoms with Gasteiger partial charge in [-0.05, 0) is 38.5 Å². The van der Waals surface area contributed by atoms with E-state index in [1.807, 2.05) is 0 Å². The lowest BCUT2D eigenvalue weighted by molar-refractivity contribution is -0.161. The van der Waals surface area contributed by atoms with E-state index in [4.69, 9.17) is 19.1 Å². The second-order valence-corrected chi connectivity index (χ2v) is 15.1. The van der Waals surface area contributed by atoms with Crippen LogP contribution in [0.2, 0.25) is 0 Å². The largest absolute Gasteiger partial charge is 0.472 e. The van der Waals surface area contributed by atoms with Crippen molar-refractivity contribution in [1.82, 2.24) is 0 Å². The van der Waals surface area contributed by atoms with Gasteiger partial charge in [0.05, 0.1) is 19.8 Å². The summed E-state index contributed by atoms with van der Waals surface area (Å²) in [6, 6.07) is 0. The molecule has 0 aliphatic heterocycles. The molecular formula is C40H75O10P. The lowest BCUT2D eigenvalue weighted by atomic mass is 10.0. The van der Waals surface area contributed by atoms with E-state index in [2.05, 4.69) is 42.7 Å². The third-order valence-electron chi connectivity index (χ3n) is 8.59. The molecule has 3 N–H and O–H groups in total. The summed E-state index contributed by atoms with van der Waals surface area (Å²) < 4.78 is 32.6. The maximum absolute atomic E-state index is 12.6. The van der Waals surface area contributed by atoms with Crippen molar-refractivity contribution >= 4 is 19.8 Å². The first kappa shape index (κ1) is 49.5. The first-order chi connectivity index (χ1) is 24.7. The molecule has 0 radical (unpaired) electrons. The van der Waals surface area contributed by atoms with Crippen LogP contribution in [0, 0.1) is 0 Å². The summed E-state index contributed by atoms with van der Waals surface area (Å²) in [6.07, 6.45) is 34.3. The number of aliphatic hydroxyl groups is 2. The van der Waals surface area contributed by atoms with Crippen LogP contribution in [-0.2, 0) is 32.7 Å². The standard InChI is InChI=1S/C40H75O10P/c1-3-5-7-9-11-13-15-17-18-20-21-23-25-27-29-31-39(43)47-35-38(36-49-51(45,46)48-34-37(42)33-41)50-40(44)32-30-28-26-24-22-19-16-14-12-10-8-6-4-2/h8,10,14,16,37-38,41-42H,3-7,9,11-13,15,17-36H2,1-2H3,(H,45,46)/b10-8-,16-14-. The third-order valence-corrected chi connectivity index (χ3v) is 9.54. The summed E-state index contributed by atoms with van der Waals surface area (Å²) in [6.45, 7) is 2.30. The molecule has 51 heavy (non-hydrogen) atoms. The Bertz CT molecular complexity index is 910. The highest BCUT2D eigenvalue weighted by Crippen LogP contribution is 2.43. The van der Waals surface area contributed by atoms with Crippen molar-refractivity contribution in [3.05, 3.63) is 24.3 Å². The minimum Gasteiger partial charge on any atom is -0.462 e. The van der Waals surface area contributed by atoms with Gasteiger partial charge in [0, 0.05) is 12.8 Å². The zero-order valence-corrected chi connectivity index (χ0v) is 33.2. The summed E-state index contributed by atoms with van der Waals surface area (Å²) in [5.74, 6) is -0.937. The first-order valence-electron chi connectivity index (χ1n) is 20.3. The zero-order valence-electron chi connectivity index (χ0n) is 32.3. The van der Waals surface area contributed by atoms with Gasteiger partial charge in [-0.15, -0.1) is 0 Å². The van der Waals surface area contributed by atoms with Crippen LogP contribution in [0.4, 0.5) is 0 Å². The molecule has 0 bridgehead atoms. The van der Waals surface area contributed by atoms with Crippen molar-refractivity contribution in [2.75, 3.05) is 26.4 Å². The van der Waals surface area contributed by atoms with Crippen LogP contribution in [0.3, 0.4) is 0 Å². The maximum Gasteiger partial charge on any atom is 0.472 e. The number of phosphoric acid groups is 1. The smallest absolute Gasteiger partial charge is 0.462 e. The van der Waals surface area contributed by atoms with Crippen molar-refractivity contribution in [2.45, 2.75) is 193 Å². The van der Waals surface area contributed by atoms with Crippen LogP contribution in [-0.4, -0.2) is 65.7 Å². The Hall–Kier alpha value is -1.55. The van der Waals surface area contributed by atoms with Crippen LogP contribution in [0.25, 0.3) is 0 Å². The number of unbranched alkanes of at least 4 members (excludes halogenated alkanes) is 20. The number of allylic oxidation sites excluding steroid dienone is 4. The van der Waals surface area contributed by atoms with Crippen LogP contribution >= 0.6 is 7.82 Å². The van der Waals surface area contributed by atoms with E-state index in [1.54, 1.807) is 0 Å². The average Bonchev–Trinajstić information content (AvgIpc) is 3.12. The average molecular weight is 747 g/mol. The van der Waals surface area contributed by atoms with Crippen molar-refractivity contribution in [1.29, 1.82) is 0 Å². The van der Waals surface area contributed by atoms with E-state index >= 15 is 0 Å². The summed E-state index contributed by atoms with van der Waals surface area (Å²) in [5.41, 5.74) is 0. The highest BCUT2D eigenvalue weighted by Gasteiger charge is 2.27. The van der Waals surface area contributed by atoms with Crippen LogP contribution in [0.5, 0.6) is 0 Å². The second kappa shape index (κ2) is 36.8. The number of rotatable bonds is 38. The molecule has 3 unspecified atom stereocenters. The fourth-order valence-corrected chi connectivity index (χ4v) is 6.23. The number of phosphoric ester groups is 1. The minimum absolute atomic E-state index is 0.170. The fourth-order valence-electron chi connectivity index (χ4n) is 5.44. The first-order valence-corrected chi connectivity index (χ1v) is 21.8. The molecule has 0 rings (SSSR count). The van der Waals surface area contributed by atoms with Crippen molar-refractivity contribution in [2.24, 2.45) is 0 Å². The molecule has 3 atom stereocenters. The Labute approximate surface area is 310 Å². The molecule has 0 fully saturated rings. The van der Waals surface area contributed by atoms with Gasteiger partial charge in [0.25, 0.3) is 0 Å². The molecule has 0 saturated heterocycles. The van der Waals surface area contributed by atoms with E-state index in [0.717, 1.165) is 64.2 Å². The number of carbonyl (C=O) groups is 2. The summed E-state index contributed by atoms with van der Waals surface area (Å²) in [7, 11) is -4.61. The number of hydrogen-bond donors (Lipinski definition) is 3. The number of ether oxygens (including phenoxy) is 2. The Kier molecular flexibility index (Phi) is 35.7. The molecule has 0 aromatic rings. The van der Waals surface area contributed by atoms with Crippen LogP contribution < -0.4 is 0 Å². The number of esters is 2. The third kappa shape index (κ3) is 36.6. The van der Waals surface area contributed by atoms with Crippen LogP contribution in [0.15, 0.2) is 24.3 Å². The quantitative estimate of drug-likeness (QED) is 0.0241. The number of carbonyl (C=O) groups excluding carboxylic acids is 2. The van der Waals surface area contributed by atoms with Gasteiger partial charge < -0.3 is 24.6 Å². The molecule has 0 aromatic carbocycles. The molecule has 0 aliphatic rings. The summed E-state index contributed by atoms with van der Waals surface area (Å²) >= 11 is 0. The Morgan fingerprint density at radius 1 is 0.588 bits per heavy atom. The predicted octanol–water partition coefficient (Wildman–Crippen LogP) is 10.2. The van der Waals surface area contributed by atoms with Gasteiger partial charge in [0.1, 0.15) is 12.7 Å². The predicted molar refractivity (Wildman–Crippen MR) is 205 cm³/mol. The van der Waals surface area contributed by atoms with E-state index in [9.17, 15) is 24.2 Å². The van der Waals surface area contributed by atoms with Gasteiger partial charge in [-0.3, -0.25) is 18.6 Å². The SMILES string of the molecule is CCC/C=C\C/C=C\CCCCCCCC(=O)OC(COC(=O)CCCCCCCCCCCCCCCCC)COP(=O)(O)OCC(O)CO. The van der Waals surface area contributed by atoms with Gasteiger partial charge in [0.15, 0.2) is 6.10 Å². The summed E-state index contributed by atoms with van der Waals surface area (Å²) in [4.78, 5) is 34.9. The molecule has 0 saturated carbocycles. The lowest BCUT2D eigenvalue weighted by Gasteiger charge is -2.20. The maximum atomic E-state index is 12.6. The van der Waals surface area contributed by atoms with Gasteiger partial charge in [0.2, 0.25) is 0 Å². The highest BCUT2D eigenvalue weighted by atomic mass is 31.2. The minimum atomic E-state index is -4.61. The van der Waals surface area contributed by atoms with Gasteiger partial charge in [-0.25, -0.2) is 4.57 Å². The normalized spacial score (nSPS) is 14.2. The molecular weight excluding hydrogens is 671 g/mol. The van der Waals surface area contributed by atoms with E-state index < -0.39 is 51.8 Å². The Morgan fingerprint density at radius 3 is 1.59 bits per heavy atom. The monoisotopic (exact) mass is 747 g/mol. The molecule has 0 spiro atoms. The van der Waals surface area contributed by atoms with Gasteiger partial charge in [-0.1, -0.05) is 154 Å². The topological polar surface area (TPSA) is 149 Å². The zero-order chi connectivity index (χ0) is 37.7. The van der Waals surface area contributed by atoms with Crippen molar-refractivity contribution in [3.63, 3.8) is 0 Å². The van der Waals surface area contributed by atoms with E-state index in [1.165, 1.54) is 77.0 Å². The van der Waals surface area contributed by atoms with E-state index in [0.29, 0.717) is 12.8 Å². The lowest BCUT2D eigenvalue weighted by Crippen LogP contribution is -2.29. The molecule has 0 aliphatic carbocycles. The van der Waals surface area contributed by atoms with Gasteiger partial charge in [-0.2, -0.15) is 0 Å². The molecule has 300 valence electrons. The molecule has 0 amide bonds. The number of hydrogen-bond acceptors (Lipinski definition) is 9. The number of aliphatic hydroxyl groups excluding tert-OH is 2. The highest BCUT2D eigenvalue weighted by molar-refractivity contribution is 7.47.